The maximum Gasteiger partial charge on any atom is 0.343 e. The van der Waals surface area contributed by atoms with Crippen molar-refractivity contribution < 1.29 is 42.8 Å². The molecule has 0 saturated heterocycles. The number of methoxy groups -OCH3 is 1. The second kappa shape index (κ2) is 23.7. The van der Waals surface area contributed by atoms with Crippen molar-refractivity contribution in [3.8, 4) is 23.0 Å². The zero-order valence-corrected chi connectivity index (χ0v) is 29.6. The van der Waals surface area contributed by atoms with Crippen molar-refractivity contribution in [3.63, 3.8) is 0 Å². The highest BCUT2D eigenvalue weighted by atomic mass is 16.5. The normalized spacial score (nSPS) is 10.7. The van der Waals surface area contributed by atoms with E-state index in [1.807, 2.05) is 0 Å². The number of carbonyl (C=O) groups is 3. The minimum atomic E-state index is -0.500. The van der Waals surface area contributed by atoms with Crippen molar-refractivity contribution in [3.05, 3.63) is 96.1 Å². The molecule has 0 fully saturated rings. The first-order valence-electron chi connectivity index (χ1n) is 17.7. The average molecular weight is 689 g/mol. The Morgan fingerprint density at radius 3 is 1.48 bits per heavy atom. The van der Waals surface area contributed by atoms with Gasteiger partial charge in [-0.2, -0.15) is 0 Å². The molecule has 0 aliphatic rings. The molecule has 9 heteroatoms. The van der Waals surface area contributed by atoms with Gasteiger partial charge in [-0.05, 0) is 105 Å². The average Bonchev–Trinajstić information content (AvgIpc) is 3.13. The molecule has 0 aliphatic carbocycles. The van der Waals surface area contributed by atoms with Gasteiger partial charge in [-0.1, -0.05) is 57.9 Å². The number of ether oxygens (including phenoxy) is 6. The lowest BCUT2D eigenvalue weighted by Gasteiger charge is -2.11. The van der Waals surface area contributed by atoms with E-state index in [0.717, 1.165) is 64.4 Å². The van der Waals surface area contributed by atoms with E-state index in [-0.39, 0.29) is 5.97 Å². The molecule has 0 bridgehead atoms. The van der Waals surface area contributed by atoms with Gasteiger partial charge in [-0.15, -0.1) is 0 Å². The van der Waals surface area contributed by atoms with E-state index in [1.165, 1.54) is 25.3 Å². The molecule has 3 rings (SSSR count). The number of rotatable bonds is 25. The Labute approximate surface area is 296 Å². The van der Waals surface area contributed by atoms with Crippen LogP contribution in [-0.2, 0) is 14.3 Å². The molecular formula is C41H52O9. The zero-order valence-electron chi connectivity index (χ0n) is 29.6. The molecule has 0 radical (unpaired) electrons. The lowest BCUT2D eigenvalue weighted by Crippen LogP contribution is -2.10. The van der Waals surface area contributed by atoms with Gasteiger partial charge < -0.3 is 28.4 Å². The van der Waals surface area contributed by atoms with Crippen molar-refractivity contribution in [1.82, 2.24) is 0 Å². The Morgan fingerprint density at radius 1 is 0.560 bits per heavy atom. The molecule has 0 amide bonds. The van der Waals surface area contributed by atoms with Gasteiger partial charge in [0.15, 0.2) is 0 Å². The second-order valence-electron chi connectivity index (χ2n) is 12.1. The lowest BCUT2D eigenvalue weighted by molar-refractivity contribution is -0.137. The standard InChI is InChI=1S/C41H52O9/c1-4-39(42)48-30-16-12-8-7-11-15-29-46-35-21-17-33(18-22-35)40(43)49-37-25-26-38(32(2)31-37)50-41(44)34-19-23-36(24-20-34)47-28-14-10-6-5-9-13-27-45-3/h4,17-26,31H,1,5-16,27-30H2,2-3H3. The third-order valence-electron chi connectivity index (χ3n) is 7.97. The second-order valence-corrected chi connectivity index (χ2v) is 12.1. The third-order valence-corrected chi connectivity index (χ3v) is 7.97. The van der Waals surface area contributed by atoms with E-state index in [9.17, 15) is 14.4 Å². The summed E-state index contributed by atoms with van der Waals surface area (Å²) in [7, 11) is 1.73. The molecule has 0 saturated carbocycles. The lowest BCUT2D eigenvalue weighted by atomic mass is 10.1. The Morgan fingerprint density at radius 2 is 1.00 bits per heavy atom. The van der Waals surface area contributed by atoms with Crippen LogP contribution in [0.1, 0.15) is 103 Å². The molecule has 3 aromatic carbocycles. The molecular weight excluding hydrogens is 636 g/mol. The highest BCUT2D eigenvalue weighted by molar-refractivity contribution is 5.92. The fourth-order valence-corrected chi connectivity index (χ4v) is 5.08. The number of unbranched alkanes of at least 4 members (excludes halogenated alkanes) is 10. The molecule has 9 nitrogen and oxygen atoms in total. The van der Waals surface area contributed by atoms with E-state index >= 15 is 0 Å². The van der Waals surface area contributed by atoms with E-state index in [1.54, 1.807) is 80.8 Å². The highest BCUT2D eigenvalue weighted by Gasteiger charge is 2.14. The summed E-state index contributed by atoms with van der Waals surface area (Å²) in [5.41, 5.74) is 1.46. The summed E-state index contributed by atoms with van der Waals surface area (Å²) in [6.07, 6.45) is 14.0. The van der Waals surface area contributed by atoms with E-state index in [4.69, 9.17) is 28.4 Å². The van der Waals surface area contributed by atoms with E-state index < -0.39 is 11.9 Å². The quantitative estimate of drug-likeness (QED) is 0.0373. The predicted octanol–water partition coefficient (Wildman–Crippen LogP) is 9.25. The molecule has 270 valence electrons. The number of aryl methyl sites for hydroxylation is 1. The van der Waals surface area contributed by atoms with Crippen molar-refractivity contribution in [2.24, 2.45) is 0 Å². The minimum absolute atomic E-state index is 0.345. The third kappa shape index (κ3) is 15.7. The molecule has 0 aliphatic heterocycles. The molecule has 0 N–H and O–H groups in total. The fraction of sp³-hybridized carbons (Fsp3) is 0.439. The van der Waals surface area contributed by atoms with Crippen LogP contribution in [0.15, 0.2) is 79.4 Å². The monoisotopic (exact) mass is 688 g/mol. The Kier molecular flexibility index (Phi) is 18.8. The Hall–Kier alpha value is -4.63. The SMILES string of the molecule is C=CC(=O)OCCCCCCCCOc1ccc(C(=O)Oc2ccc(OC(=O)c3ccc(OCCCCCCCCOC)cc3)c(C)c2)cc1. The van der Waals surface area contributed by atoms with Crippen LogP contribution in [0.25, 0.3) is 0 Å². The topological polar surface area (TPSA) is 107 Å². The van der Waals surface area contributed by atoms with Crippen LogP contribution in [0.3, 0.4) is 0 Å². The summed E-state index contributed by atoms with van der Waals surface area (Å²) in [6, 6.07) is 18.6. The largest absolute Gasteiger partial charge is 0.494 e. The fourth-order valence-electron chi connectivity index (χ4n) is 5.08. The van der Waals surface area contributed by atoms with Gasteiger partial charge in [0.1, 0.15) is 23.0 Å². The van der Waals surface area contributed by atoms with Gasteiger partial charge in [0.25, 0.3) is 0 Å². The number of benzene rings is 3. The van der Waals surface area contributed by atoms with Crippen molar-refractivity contribution in [2.45, 2.75) is 84.0 Å². The molecule has 3 aromatic rings. The maximum absolute atomic E-state index is 12.8. The van der Waals surface area contributed by atoms with Crippen molar-refractivity contribution in [2.75, 3.05) is 33.5 Å². The number of hydrogen-bond donors (Lipinski definition) is 0. The van der Waals surface area contributed by atoms with Crippen LogP contribution in [0.4, 0.5) is 0 Å². The molecule has 0 spiro atoms. The predicted molar refractivity (Wildman–Crippen MR) is 193 cm³/mol. The van der Waals surface area contributed by atoms with Gasteiger partial charge in [0.2, 0.25) is 0 Å². The molecule has 50 heavy (non-hydrogen) atoms. The van der Waals surface area contributed by atoms with Crippen LogP contribution in [0, 0.1) is 6.92 Å². The summed E-state index contributed by atoms with van der Waals surface area (Å²) in [5.74, 6) is 0.766. The van der Waals surface area contributed by atoms with Crippen LogP contribution >= 0.6 is 0 Å². The Balaban J connectivity index is 1.33. The van der Waals surface area contributed by atoms with Gasteiger partial charge in [0, 0.05) is 19.8 Å². The number of hydrogen-bond acceptors (Lipinski definition) is 9. The zero-order chi connectivity index (χ0) is 35.8. The summed E-state index contributed by atoms with van der Waals surface area (Å²) >= 11 is 0. The van der Waals surface area contributed by atoms with Gasteiger partial charge in [-0.25, -0.2) is 14.4 Å². The van der Waals surface area contributed by atoms with Crippen LogP contribution in [0.2, 0.25) is 0 Å². The molecule has 0 atom stereocenters. The first-order chi connectivity index (χ1) is 24.4. The van der Waals surface area contributed by atoms with Crippen LogP contribution in [0.5, 0.6) is 23.0 Å². The smallest absolute Gasteiger partial charge is 0.343 e. The summed E-state index contributed by atoms with van der Waals surface area (Å²) in [6.45, 7) is 7.66. The number of esters is 3. The van der Waals surface area contributed by atoms with Crippen molar-refractivity contribution in [1.29, 1.82) is 0 Å². The molecule has 0 aromatic heterocycles. The van der Waals surface area contributed by atoms with Gasteiger partial charge in [-0.3, -0.25) is 0 Å². The van der Waals surface area contributed by atoms with Gasteiger partial charge >= 0.3 is 17.9 Å². The molecule has 0 heterocycles. The first-order valence-corrected chi connectivity index (χ1v) is 17.7. The first kappa shape index (κ1) is 39.8. The minimum Gasteiger partial charge on any atom is -0.494 e. The Bertz CT molecular complexity index is 1450. The van der Waals surface area contributed by atoms with Crippen molar-refractivity contribution >= 4 is 17.9 Å². The maximum atomic E-state index is 12.8. The molecule has 0 unspecified atom stereocenters. The van der Waals surface area contributed by atoms with E-state index in [2.05, 4.69) is 6.58 Å². The van der Waals surface area contributed by atoms with Gasteiger partial charge in [0.05, 0.1) is 30.9 Å². The summed E-state index contributed by atoms with van der Waals surface area (Å²) in [4.78, 5) is 36.5. The highest BCUT2D eigenvalue weighted by Crippen LogP contribution is 2.26. The van der Waals surface area contributed by atoms with Crippen LogP contribution in [-0.4, -0.2) is 51.4 Å². The number of carbonyl (C=O) groups excluding carboxylic acids is 3. The van der Waals surface area contributed by atoms with E-state index in [0.29, 0.717) is 59.5 Å². The summed E-state index contributed by atoms with van der Waals surface area (Å²) < 4.78 is 32.9. The summed E-state index contributed by atoms with van der Waals surface area (Å²) in [5, 5.41) is 0. The van der Waals surface area contributed by atoms with Crippen LogP contribution < -0.4 is 18.9 Å².